The van der Waals surface area contributed by atoms with Gasteiger partial charge in [-0.15, -0.1) is 0 Å². The molecular formula is C15H22N2. The number of rotatable bonds is 5. The molecule has 0 spiro atoms. The number of aryl methyl sites for hydroxylation is 2. The molecule has 0 unspecified atom stereocenters. The summed E-state index contributed by atoms with van der Waals surface area (Å²) in [6, 6.07) is 9.22. The number of hydrogen-bond donors (Lipinski definition) is 1. The van der Waals surface area contributed by atoms with Crippen LogP contribution >= 0.6 is 0 Å². The predicted octanol–water partition coefficient (Wildman–Crippen LogP) is 3.34. The van der Waals surface area contributed by atoms with Crippen molar-refractivity contribution in [1.82, 2.24) is 9.88 Å². The van der Waals surface area contributed by atoms with Crippen molar-refractivity contribution in [3.63, 3.8) is 0 Å². The molecule has 0 radical (unpaired) electrons. The van der Waals surface area contributed by atoms with Crippen LogP contribution in [0.1, 0.15) is 25.8 Å². The van der Waals surface area contributed by atoms with Gasteiger partial charge in [-0.3, -0.25) is 0 Å². The van der Waals surface area contributed by atoms with E-state index in [0.717, 1.165) is 13.1 Å². The lowest BCUT2D eigenvalue weighted by Gasteiger charge is -2.09. The summed E-state index contributed by atoms with van der Waals surface area (Å²) in [7, 11) is 0. The van der Waals surface area contributed by atoms with Crippen LogP contribution in [0, 0.1) is 6.92 Å². The Hall–Kier alpha value is -1.28. The maximum absolute atomic E-state index is 3.46. The van der Waals surface area contributed by atoms with E-state index in [1.54, 1.807) is 0 Å². The molecule has 2 rings (SSSR count). The molecule has 2 nitrogen and oxygen atoms in total. The highest BCUT2D eigenvalue weighted by Crippen LogP contribution is 2.20. The fraction of sp³-hybridized carbons (Fsp3) is 0.467. The summed E-state index contributed by atoms with van der Waals surface area (Å²) in [6.07, 6.45) is 3.44. The SMILES string of the molecule is Cc1cn(CCCNC(C)C)c2ccccc12. The number of nitrogens with zero attached hydrogens (tertiary/aromatic N) is 1. The quantitative estimate of drug-likeness (QED) is 0.780. The zero-order valence-corrected chi connectivity index (χ0v) is 11.0. The minimum absolute atomic E-state index is 0.582. The maximum atomic E-state index is 3.46. The minimum atomic E-state index is 0.582. The Labute approximate surface area is 104 Å². The normalized spacial score (nSPS) is 11.5. The van der Waals surface area contributed by atoms with Gasteiger partial charge in [0.15, 0.2) is 0 Å². The van der Waals surface area contributed by atoms with Gasteiger partial charge in [-0.2, -0.15) is 0 Å². The topological polar surface area (TPSA) is 17.0 Å². The Morgan fingerprint density at radius 1 is 1.24 bits per heavy atom. The van der Waals surface area contributed by atoms with Crippen LogP contribution in [0.5, 0.6) is 0 Å². The summed E-state index contributed by atoms with van der Waals surface area (Å²) >= 11 is 0. The van der Waals surface area contributed by atoms with Crippen molar-refractivity contribution >= 4 is 10.9 Å². The van der Waals surface area contributed by atoms with Crippen molar-refractivity contribution in [3.05, 3.63) is 36.0 Å². The lowest BCUT2D eigenvalue weighted by Crippen LogP contribution is -2.24. The molecule has 1 N–H and O–H groups in total. The van der Waals surface area contributed by atoms with Crippen LogP contribution in [0.3, 0.4) is 0 Å². The average Bonchev–Trinajstić information content (AvgIpc) is 2.63. The van der Waals surface area contributed by atoms with E-state index in [0.29, 0.717) is 6.04 Å². The lowest BCUT2D eigenvalue weighted by atomic mass is 10.2. The summed E-state index contributed by atoms with van der Waals surface area (Å²) in [5, 5.41) is 4.84. The van der Waals surface area contributed by atoms with Gasteiger partial charge in [0.1, 0.15) is 0 Å². The van der Waals surface area contributed by atoms with Gasteiger partial charge < -0.3 is 9.88 Å². The van der Waals surface area contributed by atoms with E-state index < -0.39 is 0 Å². The molecule has 1 aromatic heterocycles. The Morgan fingerprint density at radius 2 is 2.00 bits per heavy atom. The van der Waals surface area contributed by atoms with Crippen LogP contribution in [-0.2, 0) is 6.54 Å². The second-order valence-electron chi connectivity index (χ2n) is 4.99. The molecule has 0 aliphatic heterocycles. The van der Waals surface area contributed by atoms with E-state index in [1.165, 1.54) is 22.9 Å². The van der Waals surface area contributed by atoms with Crippen molar-refractivity contribution in [2.75, 3.05) is 6.54 Å². The molecule has 2 aromatic rings. The first-order valence-corrected chi connectivity index (χ1v) is 6.46. The first-order valence-electron chi connectivity index (χ1n) is 6.46. The monoisotopic (exact) mass is 230 g/mol. The molecule has 0 atom stereocenters. The zero-order valence-electron chi connectivity index (χ0n) is 11.0. The van der Waals surface area contributed by atoms with Crippen molar-refractivity contribution in [3.8, 4) is 0 Å². The fourth-order valence-electron chi connectivity index (χ4n) is 2.26. The van der Waals surface area contributed by atoms with Gasteiger partial charge in [0.25, 0.3) is 0 Å². The highest BCUT2D eigenvalue weighted by molar-refractivity contribution is 5.83. The zero-order chi connectivity index (χ0) is 12.3. The van der Waals surface area contributed by atoms with Crippen molar-refractivity contribution in [2.45, 2.75) is 39.8 Å². The van der Waals surface area contributed by atoms with E-state index in [9.17, 15) is 0 Å². The Morgan fingerprint density at radius 3 is 2.76 bits per heavy atom. The maximum Gasteiger partial charge on any atom is 0.0483 e. The van der Waals surface area contributed by atoms with Gasteiger partial charge in [0.05, 0.1) is 0 Å². The van der Waals surface area contributed by atoms with Crippen LogP contribution in [-0.4, -0.2) is 17.2 Å². The number of nitrogens with one attached hydrogen (secondary N) is 1. The molecule has 92 valence electrons. The predicted molar refractivity (Wildman–Crippen MR) is 74.4 cm³/mol. The third kappa shape index (κ3) is 2.89. The molecule has 0 aliphatic carbocycles. The van der Waals surface area contributed by atoms with Crippen LogP contribution in [0.2, 0.25) is 0 Å². The van der Waals surface area contributed by atoms with Crippen LogP contribution < -0.4 is 5.32 Å². The smallest absolute Gasteiger partial charge is 0.0483 e. The van der Waals surface area contributed by atoms with Gasteiger partial charge in [-0.1, -0.05) is 32.0 Å². The van der Waals surface area contributed by atoms with E-state index in [1.807, 2.05) is 0 Å². The Kier molecular flexibility index (Phi) is 3.85. The standard InChI is InChI=1S/C15H22N2/c1-12(2)16-9-6-10-17-11-13(3)14-7-4-5-8-15(14)17/h4-5,7-8,11-12,16H,6,9-10H2,1-3H3. The van der Waals surface area contributed by atoms with Crippen LogP contribution in [0.4, 0.5) is 0 Å². The lowest BCUT2D eigenvalue weighted by molar-refractivity contribution is 0.541. The van der Waals surface area contributed by atoms with E-state index >= 15 is 0 Å². The first-order chi connectivity index (χ1) is 8.18. The first kappa shape index (κ1) is 12.2. The van der Waals surface area contributed by atoms with Gasteiger partial charge in [0.2, 0.25) is 0 Å². The summed E-state index contributed by atoms with van der Waals surface area (Å²) < 4.78 is 2.37. The molecule has 1 aromatic carbocycles. The fourth-order valence-corrected chi connectivity index (χ4v) is 2.26. The second-order valence-corrected chi connectivity index (χ2v) is 4.99. The third-order valence-corrected chi connectivity index (χ3v) is 3.12. The highest BCUT2D eigenvalue weighted by atomic mass is 15.0. The van der Waals surface area contributed by atoms with Gasteiger partial charge in [-0.25, -0.2) is 0 Å². The summed E-state index contributed by atoms with van der Waals surface area (Å²) in [6.45, 7) is 8.74. The number of hydrogen-bond acceptors (Lipinski definition) is 1. The molecule has 2 heteroatoms. The minimum Gasteiger partial charge on any atom is -0.347 e. The Balaban J connectivity index is 2.04. The Bertz CT molecular complexity index is 483. The van der Waals surface area contributed by atoms with Crippen LogP contribution in [0.25, 0.3) is 10.9 Å². The molecule has 0 saturated carbocycles. The number of fused-ring (bicyclic) bond motifs is 1. The van der Waals surface area contributed by atoms with Gasteiger partial charge in [0, 0.05) is 29.7 Å². The van der Waals surface area contributed by atoms with Crippen molar-refractivity contribution in [1.29, 1.82) is 0 Å². The van der Waals surface area contributed by atoms with Gasteiger partial charge >= 0.3 is 0 Å². The largest absolute Gasteiger partial charge is 0.347 e. The number of aromatic nitrogens is 1. The summed E-state index contributed by atoms with van der Waals surface area (Å²) in [4.78, 5) is 0. The number of benzene rings is 1. The highest BCUT2D eigenvalue weighted by Gasteiger charge is 2.03. The third-order valence-electron chi connectivity index (χ3n) is 3.12. The molecule has 0 amide bonds. The van der Waals surface area contributed by atoms with Crippen molar-refractivity contribution < 1.29 is 0 Å². The summed E-state index contributed by atoms with van der Waals surface area (Å²) in [5.41, 5.74) is 2.73. The number of para-hydroxylation sites is 1. The van der Waals surface area contributed by atoms with E-state index in [4.69, 9.17) is 0 Å². The van der Waals surface area contributed by atoms with Gasteiger partial charge in [-0.05, 0) is 31.5 Å². The molecule has 0 saturated heterocycles. The average molecular weight is 230 g/mol. The molecule has 0 aliphatic rings. The van der Waals surface area contributed by atoms with E-state index in [2.05, 4.69) is 61.1 Å². The molecule has 0 fully saturated rings. The van der Waals surface area contributed by atoms with E-state index in [-0.39, 0.29) is 0 Å². The molecule has 17 heavy (non-hydrogen) atoms. The molecule has 1 heterocycles. The van der Waals surface area contributed by atoms with Crippen LogP contribution in [0.15, 0.2) is 30.5 Å². The second kappa shape index (κ2) is 5.37. The molecule has 0 bridgehead atoms. The molecular weight excluding hydrogens is 208 g/mol. The van der Waals surface area contributed by atoms with Crippen molar-refractivity contribution in [2.24, 2.45) is 0 Å². The summed E-state index contributed by atoms with van der Waals surface area (Å²) in [5.74, 6) is 0.